The maximum absolute atomic E-state index is 13.4. The van der Waals surface area contributed by atoms with Crippen LogP contribution in [0.15, 0.2) is 48.5 Å². The maximum Gasteiger partial charge on any atom is 0.330 e. The lowest BCUT2D eigenvalue weighted by molar-refractivity contribution is -0.155. The lowest BCUT2D eigenvalue weighted by Crippen LogP contribution is -2.46. The predicted octanol–water partition coefficient (Wildman–Crippen LogP) is 4.07. The summed E-state index contributed by atoms with van der Waals surface area (Å²) in [4.78, 5) is 31.0. The molecule has 0 bridgehead atoms. The number of thioether (sulfide) groups is 1. The second kappa shape index (κ2) is 7.11. The van der Waals surface area contributed by atoms with E-state index in [1.807, 2.05) is 24.3 Å². The molecule has 0 aliphatic carbocycles. The minimum absolute atomic E-state index is 0.0683. The van der Waals surface area contributed by atoms with Crippen molar-refractivity contribution >= 4 is 45.2 Å². The smallest absolute Gasteiger partial charge is 0.330 e. The number of carbonyl (C=O) groups is 2. The first-order valence-corrected chi connectivity index (χ1v) is 11.1. The van der Waals surface area contributed by atoms with Crippen molar-refractivity contribution in [1.82, 2.24) is 9.88 Å². The van der Waals surface area contributed by atoms with Crippen LogP contribution in [0.3, 0.4) is 0 Å². The number of hydrogen-bond acceptors (Lipinski definition) is 6. The molecule has 2 aliphatic heterocycles. The van der Waals surface area contributed by atoms with Gasteiger partial charge >= 0.3 is 5.97 Å². The Balaban J connectivity index is 1.35. The van der Waals surface area contributed by atoms with E-state index in [1.54, 1.807) is 28.8 Å². The topological polar surface area (TPSA) is 59.5 Å². The molecule has 5 rings (SSSR count). The largest absolute Gasteiger partial charge is 0.457 e. The second-order valence-electron chi connectivity index (χ2n) is 7.06. The van der Waals surface area contributed by atoms with Crippen molar-refractivity contribution < 1.29 is 18.7 Å². The van der Waals surface area contributed by atoms with Gasteiger partial charge in [-0.3, -0.25) is 4.79 Å². The molecule has 8 heteroatoms. The Hall–Kier alpha value is -2.45. The third kappa shape index (κ3) is 3.11. The number of esters is 1. The summed E-state index contributed by atoms with van der Waals surface area (Å²) in [6, 6.07) is 13.3. The Kier molecular flexibility index (Phi) is 4.55. The Labute approximate surface area is 174 Å². The van der Waals surface area contributed by atoms with Gasteiger partial charge in [0.15, 0.2) is 0 Å². The van der Waals surface area contributed by atoms with E-state index in [4.69, 9.17) is 4.74 Å². The standard InChI is InChI=1S/C21H17FN2O3S2/c22-14-7-5-13(6-8-14)21-10-9-19(25)24(21)16(12-28-21)20(26)27-11-18-23-15-3-1-2-4-17(15)29-18/h1-8,16H,9-12H2/t16-,21-/m1/s1. The molecule has 0 radical (unpaired) electrons. The zero-order valence-electron chi connectivity index (χ0n) is 15.3. The lowest BCUT2D eigenvalue weighted by Gasteiger charge is -2.33. The number of hydrogen-bond donors (Lipinski definition) is 0. The minimum atomic E-state index is -0.644. The van der Waals surface area contributed by atoms with E-state index in [-0.39, 0.29) is 18.3 Å². The predicted molar refractivity (Wildman–Crippen MR) is 110 cm³/mol. The monoisotopic (exact) mass is 428 g/mol. The Morgan fingerprint density at radius 2 is 2.03 bits per heavy atom. The summed E-state index contributed by atoms with van der Waals surface area (Å²) in [5, 5.41) is 0.725. The van der Waals surface area contributed by atoms with Crippen LogP contribution >= 0.6 is 23.1 Å². The molecule has 5 nitrogen and oxygen atoms in total. The number of benzene rings is 2. The lowest BCUT2D eigenvalue weighted by atomic mass is 10.0. The van der Waals surface area contributed by atoms with Crippen molar-refractivity contribution in [3.05, 3.63) is 64.9 Å². The summed E-state index contributed by atoms with van der Waals surface area (Å²) in [5.41, 5.74) is 1.72. The van der Waals surface area contributed by atoms with Gasteiger partial charge in [0.05, 0.1) is 10.2 Å². The highest BCUT2D eigenvalue weighted by Crippen LogP contribution is 2.54. The number of nitrogens with zero attached hydrogens (tertiary/aromatic N) is 2. The Bertz CT molecular complexity index is 1070. The van der Waals surface area contributed by atoms with Crippen LogP contribution in [0.5, 0.6) is 0 Å². The van der Waals surface area contributed by atoms with Gasteiger partial charge in [-0.15, -0.1) is 23.1 Å². The fourth-order valence-electron chi connectivity index (χ4n) is 4.04. The van der Waals surface area contributed by atoms with Crippen LogP contribution in [0.4, 0.5) is 4.39 Å². The number of thiazole rings is 1. The summed E-state index contributed by atoms with van der Waals surface area (Å²) < 4.78 is 20.0. The summed E-state index contributed by atoms with van der Waals surface area (Å²) >= 11 is 3.04. The minimum Gasteiger partial charge on any atom is -0.457 e. The van der Waals surface area contributed by atoms with E-state index >= 15 is 0 Å². The number of para-hydroxylation sites is 1. The van der Waals surface area contributed by atoms with Crippen molar-refractivity contribution in [3.63, 3.8) is 0 Å². The van der Waals surface area contributed by atoms with Gasteiger partial charge in [0.2, 0.25) is 5.91 Å². The molecule has 2 fully saturated rings. The first-order chi connectivity index (χ1) is 14.1. The number of rotatable bonds is 4. The van der Waals surface area contributed by atoms with E-state index in [2.05, 4.69) is 4.98 Å². The number of amides is 1. The van der Waals surface area contributed by atoms with E-state index in [0.29, 0.717) is 18.6 Å². The SMILES string of the molecule is O=C(OCc1nc2ccccc2s1)[C@H]1CS[C@@]2(c3ccc(F)cc3)CCC(=O)N12. The molecular weight excluding hydrogens is 411 g/mol. The normalized spacial score (nSPS) is 23.6. The van der Waals surface area contributed by atoms with Crippen LogP contribution in [-0.4, -0.2) is 33.6 Å². The summed E-state index contributed by atoms with van der Waals surface area (Å²) in [5.74, 6) is -0.352. The van der Waals surface area contributed by atoms with Gasteiger partial charge in [-0.25, -0.2) is 14.2 Å². The van der Waals surface area contributed by atoms with Crippen LogP contribution in [-0.2, 0) is 25.8 Å². The van der Waals surface area contributed by atoms with E-state index < -0.39 is 16.9 Å². The summed E-state index contributed by atoms with van der Waals surface area (Å²) in [7, 11) is 0. The van der Waals surface area contributed by atoms with Gasteiger partial charge in [0.1, 0.15) is 28.3 Å². The Morgan fingerprint density at radius 3 is 2.83 bits per heavy atom. The van der Waals surface area contributed by atoms with Crippen molar-refractivity contribution in [2.75, 3.05) is 5.75 Å². The quantitative estimate of drug-likeness (QED) is 0.587. The molecule has 2 aromatic carbocycles. The zero-order chi connectivity index (χ0) is 20.0. The zero-order valence-corrected chi connectivity index (χ0v) is 17.0. The molecule has 1 aromatic heterocycles. The van der Waals surface area contributed by atoms with Gasteiger partial charge in [0, 0.05) is 12.2 Å². The first-order valence-electron chi connectivity index (χ1n) is 9.30. The van der Waals surface area contributed by atoms with Gasteiger partial charge in [0.25, 0.3) is 0 Å². The number of carbonyl (C=O) groups excluding carboxylic acids is 2. The Morgan fingerprint density at radius 1 is 1.24 bits per heavy atom. The fourth-order valence-corrected chi connectivity index (χ4v) is 6.56. The number of halogens is 1. The molecule has 0 spiro atoms. The van der Waals surface area contributed by atoms with E-state index in [1.165, 1.54) is 23.5 Å². The fraction of sp³-hybridized carbons (Fsp3) is 0.286. The van der Waals surface area contributed by atoms with Crippen molar-refractivity contribution in [2.24, 2.45) is 0 Å². The number of fused-ring (bicyclic) bond motifs is 2. The second-order valence-corrected chi connectivity index (χ2v) is 9.48. The van der Waals surface area contributed by atoms with Crippen molar-refractivity contribution in [1.29, 1.82) is 0 Å². The molecule has 2 atom stereocenters. The molecule has 0 N–H and O–H groups in total. The van der Waals surface area contributed by atoms with Gasteiger partial charge in [-0.05, 0) is 36.2 Å². The first kappa shape index (κ1) is 18.6. The molecule has 3 heterocycles. The number of aromatic nitrogens is 1. The van der Waals surface area contributed by atoms with Gasteiger partial charge < -0.3 is 9.64 Å². The average Bonchev–Trinajstić information content (AvgIpc) is 3.40. The maximum atomic E-state index is 13.4. The third-order valence-electron chi connectivity index (χ3n) is 5.37. The highest BCUT2D eigenvalue weighted by molar-refractivity contribution is 8.00. The van der Waals surface area contributed by atoms with Gasteiger partial charge in [-0.1, -0.05) is 24.3 Å². The summed E-state index contributed by atoms with van der Waals surface area (Å²) in [6.45, 7) is 0.0882. The molecule has 1 amide bonds. The average molecular weight is 429 g/mol. The van der Waals surface area contributed by atoms with Crippen LogP contribution in [0.1, 0.15) is 23.4 Å². The highest BCUT2D eigenvalue weighted by Gasteiger charge is 2.57. The molecule has 2 saturated heterocycles. The van der Waals surface area contributed by atoms with Crippen LogP contribution in [0, 0.1) is 5.82 Å². The van der Waals surface area contributed by atoms with Crippen LogP contribution in [0.25, 0.3) is 10.2 Å². The summed E-state index contributed by atoms with van der Waals surface area (Å²) in [6.07, 6.45) is 0.968. The van der Waals surface area contributed by atoms with Crippen LogP contribution < -0.4 is 0 Å². The molecular formula is C21H17FN2O3S2. The molecule has 3 aromatic rings. The third-order valence-corrected chi connectivity index (χ3v) is 7.98. The van der Waals surface area contributed by atoms with Crippen LogP contribution in [0.2, 0.25) is 0 Å². The number of ether oxygens (including phenoxy) is 1. The highest BCUT2D eigenvalue weighted by atomic mass is 32.2. The van der Waals surface area contributed by atoms with Crippen molar-refractivity contribution in [2.45, 2.75) is 30.4 Å². The molecule has 0 unspecified atom stereocenters. The van der Waals surface area contributed by atoms with E-state index in [0.717, 1.165) is 20.8 Å². The van der Waals surface area contributed by atoms with Crippen molar-refractivity contribution in [3.8, 4) is 0 Å². The molecule has 0 saturated carbocycles. The molecule has 29 heavy (non-hydrogen) atoms. The molecule has 148 valence electrons. The molecule has 2 aliphatic rings. The van der Waals surface area contributed by atoms with E-state index in [9.17, 15) is 14.0 Å². The van der Waals surface area contributed by atoms with Gasteiger partial charge in [-0.2, -0.15) is 0 Å².